The van der Waals surface area contributed by atoms with Gasteiger partial charge in [0.25, 0.3) is 0 Å². The molecule has 1 fully saturated rings. The highest BCUT2D eigenvalue weighted by atomic mass is 32.1. The fraction of sp³-hybridized carbons (Fsp3) is 0.500. The number of hydrogen-bond acceptors (Lipinski definition) is 5. The van der Waals surface area contributed by atoms with Gasteiger partial charge in [-0.15, -0.1) is 21.5 Å². The Hall–Kier alpha value is -1.99. The Morgan fingerprint density at radius 3 is 2.68 bits per heavy atom. The van der Waals surface area contributed by atoms with Crippen molar-refractivity contribution < 1.29 is 0 Å². The Labute approximate surface area is 152 Å². The quantitative estimate of drug-likeness (QED) is 0.705. The first-order valence-electron chi connectivity index (χ1n) is 8.82. The van der Waals surface area contributed by atoms with Gasteiger partial charge in [-0.2, -0.15) is 5.10 Å². The van der Waals surface area contributed by atoms with Crippen LogP contribution in [0.25, 0.3) is 0 Å². The first-order chi connectivity index (χ1) is 12.2. The molecule has 132 valence electrons. The molecule has 0 aliphatic carbocycles. The van der Waals surface area contributed by atoms with E-state index in [2.05, 4.69) is 50.9 Å². The van der Waals surface area contributed by atoms with Gasteiger partial charge in [-0.1, -0.05) is 0 Å². The summed E-state index contributed by atoms with van der Waals surface area (Å²) in [5.74, 6) is 2.59. The van der Waals surface area contributed by atoms with E-state index in [-0.39, 0.29) is 0 Å². The van der Waals surface area contributed by atoms with Gasteiger partial charge in [0.2, 0.25) is 0 Å². The average Bonchev–Trinajstić information content (AvgIpc) is 3.33. The molecule has 0 unspecified atom stereocenters. The van der Waals surface area contributed by atoms with Crippen LogP contribution in [0.2, 0.25) is 0 Å². The molecule has 0 aromatic carbocycles. The predicted molar refractivity (Wildman–Crippen MR) is 98.6 cm³/mol. The van der Waals surface area contributed by atoms with Crippen molar-refractivity contribution in [1.82, 2.24) is 29.4 Å². The molecule has 0 spiro atoms. The van der Waals surface area contributed by atoms with Crippen LogP contribution in [0.5, 0.6) is 0 Å². The van der Waals surface area contributed by atoms with Gasteiger partial charge in [0.05, 0.1) is 0 Å². The number of aromatic nitrogens is 5. The van der Waals surface area contributed by atoms with Crippen LogP contribution in [0.15, 0.2) is 30.6 Å². The molecule has 25 heavy (non-hydrogen) atoms. The smallest absolute Gasteiger partial charge is 0.154 e. The second-order valence-corrected chi connectivity index (χ2v) is 8.17. The Bertz CT molecular complexity index is 811. The van der Waals surface area contributed by atoms with E-state index in [1.165, 1.54) is 9.75 Å². The highest BCUT2D eigenvalue weighted by molar-refractivity contribution is 7.11. The summed E-state index contributed by atoms with van der Waals surface area (Å²) in [7, 11) is 2.08. The highest BCUT2D eigenvalue weighted by Gasteiger charge is 2.25. The summed E-state index contributed by atoms with van der Waals surface area (Å²) in [4.78, 5) is 5.42. The molecule has 1 aliphatic rings. The zero-order valence-electron chi connectivity index (χ0n) is 14.8. The maximum absolute atomic E-state index is 4.49. The fourth-order valence-corrected chi connectivity index (χ4v) is 4.48. The lowest BCUT2D eigenvalue weighted by molar-refractivity contribution is 0.202. The molecule has 0 radical (unpaired) electrons. The van der Waals surface area contributed by atoms with Crippen LogP contribution in [0.4, 0.5) is 0 Å². The number of likely N-dealkylation sites (tertiary alicyclic amines) is 1. The van der Waals surface area contributed by atoms with E-state index in [0.29, 0.717) is 12.5 Å². The van der Waals surface area contributed by atoms with Gasteiger partial charge >= 0.3 is 0 Å². The maximum atomic E-state index is 4.49. The van der Waals surface area contributed by atoms with Crippen LogP contribution in [-0.4, -0.2) is 42.5 Å². The van der Waals surface area contributed by atoms with Crippen molar-refractivity contribution in [2.24, 2.45) is 7.05 Å². The zero-order chi connectivity index (χ0) is 17.2. The monoisotopic (exact) mass is 356 g/mol. The third-order valence-electron chi connectivity index (χ3n) is 4.99. The molecule has 1 saturated heterocycles. The molecule has 4 rings (SSSR count). The number of hydrogen-bond donors (Lipinski definition) is 0. The van der Waals surface area contributed by atoms with E-state index in [4.69, 9.17) is 0 Å². The maximum Gasteiger partial charge on any atom is 0.154 e. The summed E-state index contributed by atoms with van der Waals surface area (Å²) in [6, 6.07) is 6.41. The van der Waals surface area contributed by atoms with Gasteiger partial charge in [-0.05, 0) is 51.1 Å². The zero-order valence-corrected chi connectivity index (χ0v) is 15.6. The minimum atomic E-state index is 0.505. The molecule has 4 heterocycles. The minimum absolute atomic E-state index is 0.505. The minimum Gasteiger partial charge on any atom is -0.316 e. The number of thiophene rings is 1. The van der Waals surface area contributed by atoms with Crippen molar-refractivity contribution in [2.45, 2.75) is 38.8 Å². The molecule has 3 aromatic rings. The summed E-state index contributed by atoms with van der Waals surface area (Å²) in [6.07, 6.45) is 6.05. The van der Waals surface area contributed by atoms with Crippen LogP contribution in [-0.2, 0) is 20.1 Å². The van der Waals surface area contributed by atoms with E-state index >= 15 is 0 Å². The van der Waals surface area contributed by atoms with Gasteiger partial charge in [0.15, 0.2) is 5.82 Å². The number of piperidine rings is 1. The summed E-state index contributed by atoms with van der Waals surface area (Å²) in [6.45, 7) is 6.18. The van der Waals surface area contributed by atoms with Gasteiger partial charge in [0, 0.05) is 41.7 Å². The van der Waals surface area contributed by atoms with Crippen LogP contribution in [0, 0.1) is 6.92 Å². The molecule has 0 amide bonds. The van der Waals surface area contributed by atoms with E-state index in [0.717, 1.165) is 44.1 Å². The van der Waals surface area contributed by atoms with E-state index in [1.54, 1.807) is 6.20 Å². The van der Waals surface area contributed by atoms with E-state index in [1.807, 2.05) is 28.3 Å². The molecular weight excluding hydrogens is 332 g/mol. The normalized spacial score (nSPS) is 16.6. The first kappa shape index (κ1) is 16.5. The molecule has 0 atom stereocenters. The number of aryl methyl sites for hydroxylation is 1. The van der Waals surface area contributed by atoms with Crippen molar-refractivity contribution in [3.63, 3.8) is 0 Å². The van der Waals surface area contributed by atoms with Gasteiger partial charge in [-0.3, -0.25) is 9.58 Å². The average molecular weight is 356 g/mol. The van der Waals surface area contributed by atoms with Gasteiger partial charge in [-0.25, -0.2) is 0 Å². The Balaban J connectivity index is 1.37. The Morgan fingerprint density at radius 1 is 1.16 bits per heavy atom. The molecule has 3 aromatic heterocycles. The predicted octanol–water partition coefficient (Wildman–Crippen LogP) is 2.81. The molecular formula is C18H24N6S. The lowest BCUT2D eigenvalue weighted by Crippen LogP contribution is -2.33. The largest absolute Gasteiger partial charge is 0.316 e. The molecule has 0 N–H and O–H groups in total. The van der Waals surface area contributed by atoms with Crippen molar-refractivity contribution in [1.29, 1.82) is 0 Å². The molecule has 6 nitrogen and oxygen atoms in total. The Kier molecular flexibility index (Phi) is 4.67. The van der Waals surface area contributed by atoms with Crippen molar-refractivity contribution >= 4 is 11.3 Å². The summed E-state index contributed by atoms with van der Waals surface area (Å²) in [5, 5.41) is 13.1. The highest BCUT2D eigenvalue weighted by Crippen LogP contribution is 2.28. The Morgan fingerprint density at radius 2 is 2.00 bits per heavy atom. The topological polar surface area (TPSA) is 51.8 Å². The standard InChI is InChI=1S/C18H24N6S/c1-14-4-5-16(25-14)12-23-10-6-15(7-11-23)18-21-20-17(22(18)2)13-24-9-3-8-19-24/h3-5,8-9,15H,6-7,10-13H2,1-2H3. The van der Waals surface area contributed by atoms with Crippen LogP contribution in [0.1, 0.15) is 40.2 Å². The second kappa shape index (κ2) is 7.09. The molecule has 0 bridgehead atoms. The van der Waals surface area contributed by atoms with Crippen LogP contribution in [0.3, 0.4) is 0 Å². The van der Waals surface area contributed by atoms with Crippen molar-refractivity contribution in [3.05, 3.63) is 52.0 Å². The molecule has 1 aliphatic heterocycles. The molecule has 7 heteroatoms. The van der Waals surface area contributed by atoms with Crippen LogP contribution >= 0.6 is 11.3 Å². The number of nitrogens with zero attached hydrogens (tertiary/aromatic N) is 6. The molecule has 0 saturated carbocycles. The lowest BCUT2D eigenvalue weighted by Gasteiger charge is -2.31. The summed E-state index contributed by atoms with van der Waals surface area (Å²) < 4.78 is 4.05. The van der Waals surface area contributed by atoms with E-state index in [9.17, 15) is 0 Å². The van der Waals surface area contributed by atoms with Crippen LogP contribution < -0.4 is 0 Å². The SMILES string of the molecule is Cc1ccc(CN2CCC(c3nnc(Cn4cccn4)n3C)CC2)s1. The number of rotatable bonds is 5. The summed E-state index contributed by atoms with van der Waals surface area (Å²) >= 11 is 1.91. The second-order valence-electron chi connectivity index (χ2n) is 6.80. The third kappa shape index (κ3) is 3.67. The van der Waals surface area contributed by atoms with Gasteiger partial charge < -0.3 is 4.57 Å². The third-order valence-corrected chi connectivity index (χ3v) is 5.97. The van der Waals surface area contributed by atoms with Crippen molar-refractivity contribution in [2.75, 3.05) is 13.1 Å². The van der Waals surface area contributed by atoms with Gasteiger partial charge in [0.1, 0.15) is 12.4 Å². The summed E-state index contributed by atoms with van der Waals surface area (Å²) in [5.41, 5.74) is 0. The first-order valence-corrected chi connectivity index (χ1v) is 9.64. The van der Waals surface area contributed by atoms with E-state index < -0.39 is 0 Å². The fourth-order valence-electron chi connectivity index (χ4n) is 3.55. The lowest BCUT2D eigenvalue weighted by atomic mass is 9.96. The van der Waals surface area contributed by atoms with Crippen molar-refractivity contribution in [3.8, 4) is 0 Å².